The molecule has 0 aliphatic carbocycles. The molecule has 2 aromatic rings. The number of hydrogen-bond acceptors (Lipinski definition) is 3. The fourth-order valence-electron chi connectivity index (χ4n) is 2.82. The molecule has 0 bridgehead atoms. The summed E-state index contributed by atoms with van der Waals surface area (Å²) in [6, 6.07) is 5.83. The lowest BCUT2D eigenvalue weighted by Gasteiger charge is -2.13. The van der Waals surface area contributed by atoms with Gasteiger partial charge in [-0.3, -0.25) is 9.89 Å². The number of hydrogen-bond donors (Lipinski definition) is 2. The number of H-pyrrole nitrogens is 1. The molecule has 2 heterocycles. The van der Waals surface area contributed by atoms with Crippen molar-refractivity contribution in [1.82, 2.24) is 10.2 Å². The Balaban J connectivity index is 1.77. The highest BCUT2D eigenvalue weighted by Crippen LogP contribution is 2.29. The first kappa shape index (κ1) is 13.7. The number of carbonyl (C=O) groups is 1. The third-order valence-corrected chi connectivity index (χ3v) is 3.98. The first-order chi connectivity index (χ1) is 10.1. The van der Waals surface area contributed by atoms with Gasteiger partial charge in [0.15, 0.2) is 0 Å². The van der Waals surface area contributed by atoms with Crippen molar-refractivity contribution in [2.45, 2.75) is 33.1 Å². The monoisotopic (exact) mass is 285 g/mol. The van der Waals surface area contributed by atoms with E-state index < -0.39 is 0 Å². The topological polar surface area (TPSA) is 67.0 Å². The second-order valence-electron chi connectivity index (χ2n) is 5.48. The van der Waals surface area contributed by atoms with Crippen LogP contribution in [0.15, 0.2) is 18.2 Å². The third kappa shape index (κ3) is 2.51. The van der Waals surface area contributed by atoms with E-state index in [2.05, 4.69) is 15.5 Å². The van der Waals surface area contributed by atoms with E-state index in [0.29, 0.717) is 0 Å². The zero-order valence-electron chi connectivity index (χ0n) is 12.5. The maximum absolute atomic E-state index is 12.4. The molecule has 1 unspecified atom stereocenters. The zero-order chi connectivity index (χ0) is 15.0. The smallest absolute Gasteiger partial charge is 0.231 e. The summed E-state index contributed by atoms with van der Waals surface area (Å²) in [5.41, 5.74) is 4.73. The van der Waals surface area contributed by atoms with Gasteiger partial charge >= 0.3 is 0 Å². The van der Waals surface area contributed by atoms with Crippen LogP contribution in [0.2, 0.25) is 0 Å². The average Bonchev–Trinajstić information content (AvgIpc) is 3.04. The highest BCUT2D eigenvalue weighted by Gasteiger charge is 2.22. The second kappa shape index (κ2) is 5.24. The fraction of sp³-hybridized carbons (Fsp3) is 0.375. The number of aryl methyl sites for hydroxylation is 2. The molecule has 110 valence electrons. The van der Waals surface area contributed by atoms with Crippen LogP contribution in [0.1, 0.15) is 35.4 Å². The molecule has 2 N–H and O–H groups in total. The number of nitrogens with one attached hydrogen (secondary N) is 2. The Hall–Kier alpha value is -2.30. The summed E-state index contributed by atoms with van der Waals surface area (Å²) in [6.07, 6.45) is 0.938. The molecule has 1 amide bonds. The van der Waals surface area contributed by atoms with Gasteiger partial charge in [0, 0.05) is 29.4 Å². The normalized spacial score (nSPS) is 14.4. The molecule has 5 nitrogen and oxygen atoms in total. The Kier molecular flexibility index (Phi) is 3.41. The Morgan fingerprint density at radius 3 is 2.95 bits per heavy atom. The molecule has 0 fully saturated rings. The number of carbonyl (C=O) groups excluding carboxylic acids is 1. The van der Waals surface area contributed by atoms with Gasteiger partial charge in [-0.05, 0) is 32.4 Å². The van der Waals surface area contributed by atoms with Crippen LogP contribution in [0.4, 0.5) is 5.69 Å². The van der Waals surface area contributed by atoms with E-state index in [1.165, 1.54) is 5.56 Å². The Morgan fingerprint density at radius 2 is 2.24 bits per heavy atom. The van der Waals surface area contributed by atoms with Crippen molar-refractivity contribution in [3.05, 3.63) is 40.7 Å². The number of nitrogens with zero attached hydrogens (tertiary/aromatic N) is 1. The zero-order valence-corrected chi connectivity index (χ0v) is 12.5. The largest absolute Gasteiger partial charge is 0.493 e. The van der Waals surface area contributed by atoms with Gasteiger partial charge in [-0.15, -0.1) is 0 Å². The lowest BCUT2D eigenvalue weighted by Crippen LogP contribution is -2.19. The second-order valence-corrected chi connectivity index (χ2v) is 5.48. The van der Waals surface area contributed by atoms with Gasteiger partial charge in [0.2, 0.25) is 5.91 Å². The predicted molar refractivity (Wildman–Crippen MR) is 80.7 cm³/mol. The summed E-state index contributed by atoms with van der Waals surface area (Å²) in [5.74, 6) is 0.578. The van der Waals surface area contributed by atoms with Gasteiger partial charge in [0.05, 0.1) is 18.2 Å². The van der Waals surface area contributed by atoms with Gasteiger partial charge < -0.3 is 10.1 Å². The number of rotatable bonds is 3. The first-order valence-corrected chi connectivity index (χ1v) is 7.14. The number of anilines is 1. The van der Waals surface area contributed by atoms with E-state index in [-0.39, 0.29) is 11.8 Å². The summed E-state index contributed by atoms with van der Waals surface area (Å²) < 4.78 is 5.53. The summed E-state index contributed by atoms with van der Waals surface area (Å²) in [6.45, 7) is 6.45. The Morgan fingerprint density at radius 1 is 1.43 bits per heavy atom. The fourth-order valence-corrected chi connectivity index (χ4v) is 2.82. The van der Waals surface area contributed by atoms with Crippen molar-refractivity contribution in [2.75, 3.05) is 11.9 Å². The van der Waals surface area contributed by atoms with Crippen LogP contribution in [0.5, 0.6) is 5.75 Å². The minimum Gasteiger partial charge on any atom is -0.493 e. The van der Waals surface area contributed by atoms with Gasteiger partial charge in [0.1, 0.15) is 5.75 Å². The van der Waals surface area contributed by atoms with Crippen LogP contribution >= 0.6 is 0 Å². The maximum Gasteiger partial charge on any atom is 0.231 e. The standard InChI is InChI=1S/C16H19N3O2/c1-9(15-10(2)18-19-11(15)3)16(20)17-13-5-4-12-6-7-21-14(12)8-13/h4-5,8-9H,6-7H2,1-3H3,(H,17,20)(H,18,19). The van der Waals surface area contributed by atoms with Crippen molar-refractivity contribution in [2.24, 2.45) is 0 Å². The van der Waals surface area contributed by atoms with Gasteiger partial charge in [-0.25, -0.2) is 0 Å². The molecule has 0 spiro atoms. The lowest BCUT2D eigenvalue weighted by atomic mass is 9.98. The maximum atomic E-state index is 12.4. The minimum atomic E-state index is -0.252. The van der Waals surface area contributed by atoms with E-state index in [0.717, 1.165) is 41.4 Å². The van der Waals surface area contributed by atoms with Crippen molar-refractivity contribution in [1.29, 1.82) is 0 Å². The molecule has 1 aliphatic heterocycles. The molecule has 5 heteroatoms. The van der Waals surface area contributed by atoms with Crippen LogP contribution < -0.4 is 10.1 Å². The predicted octanol–water partition coefficient (Wildman–Crippen LogP) is 2.70. The minimum absolute atomic E-state index is 0.0412. The highest BCUT2D eigenvalue weighted by molar-refractivity contribution is 5.96. The SMILES string of the molecule is Cc1n[nH]c(C)c1C(C)C(=O)Nc1ccc2c(c1)OCC2. The highest BCUT2D eigenvalue weighted by atomic mass is 16.5. The van der Waals surface area contributed by atoms with Crippen molar-refractivity contribution >= 4 is 11.6 Å². The van der Waals surface area contributed by atoms with Crippen LogP contribution in [0.25, 0.3) is 0 Å². The molecule has 0 radical (unpaired) electrons. The summed E-state index contributed by atoms with van der Waals surface area (Å²) in [7, 11) is 0. The van der Waals surface area contributed by atoms with Crippen LogP contribution in [-0.2, 0) is 11.2 Å². The summed E-state index contributed by atoms with van der Waals surface area (Å²) in [4.78, 5) is 12.4. The molecule has 1 aromatic heterocycles. The van der Waals surface area contributed by atoms with E-state index >= 15 is 0 Å². The van der Waals surface area contributed by atoms with Crippen molar-refractivity contribution in [3.63, 3.8) is 0 Å². The summed E-state index contributed by atoms with van der Waals surface area (Å²) in [5, 5.41) is 10.0. The lowest BCUT2D eigenvalue weighted by molar-refractivity contribution is -0.117. The number of aromatic nitrogens is 2. The number of benzene rings is 1. The molecule has 1 aromatic carbocycles. The van der Waals surface area contributed by atoms with Crippen molar-refractivity contribution < 1.29 is 9.53 Å². The molecular formula is C16H19N3O2. The molecule has 1 atom stereocenters. The number of amides is 1. The molecule has 0 saturated carbocycles. The van der Waals surface area contributed by atoms with E-state index in [1.54, 1.807) is 0 Å². The van der Waals surface area contributed by atoms with Crippen molar-refractivity contribution in [3.8, 4) is 5.75 Å². The van der Waals surface area contributed by atoms with Gasteiger partial charge in [-0.2, -0.15) is 5.10 Å². The van der Waals surface area contributed by atoms with Crippen LogP contribution in [0.3, 0.4) is 0 Å². The van der Waals surface area contributed by atoms with Crippen LogP contribution in [-0.4, -0.2) is 22.7 Å². The van der Waals surface area contributed by atoms with E-state index in [1.807, 2.05) is 39.0 Å². The quantitative estimate of drug-likeness (QED) is 0.911. The Bertz CT molecular complexity index is 671. The Labute approximate surface area is 123 Å². The average molecular weight is 285 g/mol. The third-order valence-electron chi connectivity index (χ3n) is 3.98. The molecule has 3 rings (SSSR count). The van der Waals surface area contributed by atoms with E-state index in [9.17, 15) is 4.79 Å². The molecule has 1 aliphatic rings. The molecule has 21 heavy (non-hydrogen) atoms. The van der Waals surface area contributed by atoms with E-state index in [4.69, 9.17) is 4.74 Å². The number of fused-ring (bicyclic) bond motifs is 1. The van der Waals surface area contributed by atoms with Gasteiger partial charge in [-0.1, -0.05) is 6.07 Å². The summed E-state index contributed by atoms with van der Waals surface area (Å²) >= 11 is 0. The molecular weight excluding hydrogens is 266 g/mol. The van der Waals surface area contributed by atoms with Crippen LogP contribution in [0, 0.1) is 13.8 Å². The van der Waals surface area contributed by atoms with Gasteiger partial charge in [0.25, 0.3) is 0 Å². The first-order valence-electron chi connectivity index (χ1n) is 7.14. The number of ether oxygens (including phenoxy) is 1. The number of aromatic amines is 1. The molecule has 0 saturated heterocycles.